The van der Waals surface area contributed by atoms with E-state index in [4.69, 9.17) is 14.2 Å². The summed E-state index contributed by atoms with van der Waals surface area (Å²) in [7, 11) is 3.15. The van der Waals surface area contributed by atoms with Gasteiger partial charge in [-0.05, 0) is 41.5 Å². The molecule has 1 aromatic heterocycles. The molecule has 2 heterocycles. The Morgan fingerprint density at radius 2 is 1.97 bits per heavy atom. The standard InChI is InChI=1S/C22H24N2O5S/c1-13-9-15(13)22(26)29-12-21(25)24-17(11-16(23-24)20-5-4-8-30-20)14-6-7-18(27-2)19(10-14)28-3/h4-8,10,13,15,17H,9,11-12H2,1-3H3. The van der Waals surface area contributed by atoms with E-state index < -0.39 is 0 Å². The molecule has 4 rings (SSSR count). The summed E-state index contributed by atoms with van der Waals surface area (Å²) in [6, 6.07) is 9.20. The average molecular weight is 429 g/mol. The number of hydrogen-bond acceptors (Lipinski definition) is 7. The van der Waals surface area contributed by atoms with Gasteiger partial charge < -0.3 is 14.2 Å². The Morgan fingerprint density at radius 1 is 1.20 bits per heavy atom. The van der Waals surface area contributed by atoms with Crippen molar-refractivity contribution < 1.29 is 23.8 Å². The maximum atomic E-state index is 12.9. The third-order valence-corrected chi connectivity index (χ3v) is 6.43. The molecule has 0 radical (unpaired) electrons. The van der Waals surface area contributed by atoms with Gasteiger partial charge in [-0.25, -0.2) is 5.01 Å². The van der Waals surface area contributed by atoms with E-state index in [9.17, 15) is 9.59 Å². The van der Waals surface area contributed by atoms with E-state index in [1.54, 1.807) is 25.6 Å². The summed E-state index contributed by atoms with van der Waals surface area (Å²) in [4.78, 5) is 26.0. The molecule has 30 heavy (non-hydrogen) atoms. The fraction of sp³-hybridized carbons (Fsp3) is 0.409. The largest absolute Gasteiger partial charge is 0.493 e. The minimum atomic E-state index is -0.344. The highest BCUT2D eigenvalue weighted by molar-refractivity contribution is 7.12. The monoisotopic (exact) mass is 428 g/mol. The molecule has 1 amide bonds. The summed E-state index contributed by atoms with van der Waals surface area (Å²) < 4.78 is 16.0. The van der Waals surface area contributed by atoms with E-state index in [0.717, 1.165) is 22.6 Å². The molecule has 1 aromatic carbocycles. The highest BCUT2D eigenvalue weighted by atomic mass is 32.1. The van der Waals surface area contributed by atoms with Gasteiger partial charge in [-0.3, -0.25) is 9.59 Å². The smallest absolute Gasteiger partial charge is 0.309 e. The summed E-state index contributed by atoms with van der Waals surface area (Å²) in [6.45, 7) is 1.69. The lowest BCUT2D eigenvalue weighted by Crippen LogP contribution is -2.31. The van der Waals surface area contributed by atoms with Crippen LogP contribution in [0, 0.1) is 11.8 Å². The highest BCUT2D eigenvalue weighted by Crippen LogP contribution is 2.39. The van der Waals surface area contributed by atoms with Crippen molar-refractivity contribution in [1.82, 2.24) is 5.01 Å². The molecule has 1 aliphatic carbocycles. The second-order valence-electron chi connectivity index (χ2n) is 7.52. The summed E-state index contributed by atoms with van der Waals surface area (Å²) in [5.74, 6) is 0.804. The predicted molar refractivity (Wildman–Crippen MR) is 113 cm³/mol. The van der Waals surface area contributed by atoms with Crippen molar-refractivity contribution in [3.8, 4) is 11.5 Å². The van der Waals surface area contributed by atoms with Crippen molar-refractivity contribution in [3.63, 3.8) is 0 Å². The third-order valence-electron chi connectivity index (χ3n) is 5.51. The van der Waals surface area contributed by atoms with Gasteiger partial charge in [0.15, 0.2) is 18.1 Å². The van der Waals surface area contributed by atoms with Crippen LogP contribution in [0.15, 0.2) is 40.8 Å². The summed E-state index contributed by atoms with van der Waals surface area (Å²) >= 11 is 1.58. The van der Waals surface area contributed by atoms with E-state index in [1.165, 1.54) is 5.01 Å². The van der Waals surface area contributed by atoms with E-state index in [1.807, 2.05) is 42.6 Å². The fourth-order valence-corrected chi connectivity index (χ4v) is 4.33. The predicted octanol–water partition coefficient (Wildman–Crippen LogP) is 3.64. The lowest BCUT2D eigenvalue weighted by molar-refractivity contribution is -0.154. The van der Waals surface area contributed by atoms with Gasteiger partial charge in [0.2, 0.25) is 0 Å². The molecule has 1 saturated carbocycles. The van der Waals surface area contributed by atoms with Gasteiger partial charge in [0, 0.05) is 6.42 Å². The first-order chi connectivity index (χ1) is 14.5. The molecule has 158 valence electrons. The van der Waals surface area contributed by atoms with Crippen LogP contribution >= 0.6 is 11.3 Å². The Hall–Kier alpha value is -2.87. The maximum absolute atomic E-state index is 12.9. The SMILES string of the molecule is COc1ccc(C2CC(c3cccs3)=NN2C(=O)COC(=O)C2CC2C)cc1OC. The Balaban J connectivity index is 1.56. The van der Waals surface area contributed by atoms with Crippen molar-refractivity contribution in [2.45, 2.75) is 25.8 Å². The summed E-state index contributed by atoms with van der Waals surface area (Å²) in [5.41, 5.74) is 1.71. The molecule has 3 unspecified atom stereocenters. The number of nitrogens with zero attached hydrogens (tertiary/aromatic N) is 2. The van der Waals surface area contributed by atoms with E-state index >= 15 is 0 Å². The average Bonchev–Trinajstić information content (AvgIpc) is 3.17. The first-order valence-electron chi connectivity index (χ1n) is 9.83. The van der Waals surface area contributed by atoms with Crippen LogP contribution in [0.5, 0.6) is 11.5 Å². The van der Waals surface area contributed by atoms with Gasteiger partial charge in [-0.15, -0.1) is 11.3 Å². The van der Waals surface area contributed by atoms with Crippen molar-refractivity contribution in [3.05, 3.63) is 46.2 Å². The molecule has 0 spiro atoms. The lowest BCUT2D eigenvalue weighted by atomic mass is 10.0. The number of rotatable bonds is 7. The number of carbonyl (C=O) groups excluding carboxylic acids is 2. The second-order valence-corrected chi connectivity index (χ2v) is 8.47. The minimum Gasteiger partial charge on any atom is -0.493 e. The number of carbonyl (C=O) groups is 2. The van der Waals surface area contributed by atoms with Crippen molar-refractivity contribution >= 4 is 28.9 Å². The first-order valence-corrected chi connectivity index (χ1v) is 10.7. The molecular formula is C22H24N2O5S. The zero-order chi connectivity index (χ0) is 21.3. The van der Waals surface area contributed by atoms with E-state index in [-0.39, 0.29) is 30.4 Å². The number of methoxy groups -OCH3 is 2. The van der Waals surface area contributed by atoms with Gasteiger partial charge >= 0.3 is 5.97 Å². The Kier molecular flexibility index (Phi) is 5.76. The normalized spacial score (nSPS) is 22.4. The van der Waals surface area contributed by atoms with Crippen LogP contribution in [-0.4, -0.2) is 43.4 Å². The minimum absolute atomic E-state index is 0.0804. The zero-order valence-electron chi connectivity index (χ0n) is 17.2. The van der Waals surface area contributed by atoms with Crippen LogP contribution in [0.4, 0.5) is 0 Å². The summed E-state index contributed by atoms with van der Waals surface area (Å²) in [5, 5.41) is 8.00. The number of benzene rings is 1. The van der Waals surface area contributed by atoms with Gasteiger partial charge in [-0.1, -0.05) is 19.1 Å². The molecule has 1 aliphatic heterocycles. The van der Waals surface area contributed by atoms with Gasteiger partial charge in [0.1, 0.15) is 0 Å². The van der Waals surface area contributed by atoms with E-state index in [0.29, 0.717) is 23.8 Å². The quantitative estimate of drug-likeness (QED) is 0.629. The highest BCUT2D eigenvalue weighted by Gasteiger charge is 2.41. The molecule has 3 atom stereocenters. The molecule has 8 heteroatoms. The van der Waals surface area contributed by atoms with Crippen LogP contribution in [0.2, 0.25) is 0 Å². The Bertz CT molecular complexity index is 972. The number of esters is 1. The van der Waals surface area contributed by atoms with Crippen LogP contribution < -0.4 is 9.47 Å². The molecule has 0 bridgehead atoms. The number of ether oxygens (including phenoxy) is 3. The van der Waals surface area contributed by atoms with Crippen LogP contribution in [0.25, 0.3) is 0 Å². The topological polar surface area (TPSA) is 77.4 Å². The maximum Gasteiger partial charge on any atom is 0.309 e. The number of hydrazone groups is 1. The molecular weight excluding hydrogens is 404 g/mol. The van der Waals surface area contributed by atoms with Crippen LogP contribution in [0.1, 0.15) is 36.2 Å². The van der Waals surface area contributed by atoms with Gasteiger partial charge in [0.05, 0.1) is 36.8 Å². The lowest BCUT2D eigenvalue weighted by Gasteiger charge is -2.22. The molecule has 7 nitrogen and oxygen atoms in total. The molecule has 2 aliphatic rings. The second kappa shape index (κ2) is 8.47. The van der Waals surface area contributed by atoms with Crippen molar-refractivity contribution in [1.29, 1.82) is 0 Å². The molecule has 0 N–H and O–H groups in total. The van der Waals surface area contributed by atoms with E-state index in [2.05, 4.69) is 5.10 Å². The third kappa shape index (κ3) is 4.05. The molecule has 1 fully saturated rings. The number of amides is 1. The fourth-order valence-electron chi connectivity index (χ4n) is 3.61. The van der Waals surface area contributed by atoms with Gasteiger partial charge in [-0.2, -0.15) is 5.10 Å². The zero-order valence-corrected chi connectivity index (χ0v) is 18.0. The Labute approximate surface area is 179 Å². The van der Waals surface area contributed by atoms with Crippen molar-refractivity contribution in [2.24, 2.45) is 16.9 Å². The first kappa shape index (κ1) is 20.4. The summed E-state index contributed by atoms with van der Waals surface area (Å²) in [6.07, 6.45) is 1.39. The Morgan fingerprint density at radius 3 is 2.60 bits per heavy atom. The molecule has 0 saturated heterocycles. The molecule has 2 aromatic rings. The van der Waals surface area contributed by atoms with Gasteiger partial charge in [0.25, 0.3) is 5.91 Å². The van der Waals surface area contributed by atoms with Crippen LogP contribution in [-0.2, 0) is 14.3 Å². The number of thiophene rings is 1. The number of hydrogen-bond donors (Lipinski definition) is 0. The van der Waals surface area contributed by atoms with Crippen molar-refractivity contribution in [2.75, 3.05) is 20.8 Å². The van der Waals surface area contributed by atoms with Crippen LogP contribution in [0.3, 0.4) is 0 Å².